The number of halogens is 2. The van der Waals surface area contributed by atoms with E-state index in [0.717, 1.165) is 16.8 Å². The number of aryl methyl sites for hydroxylation is 3. The van der Waals surface area contributed by atoms with Gasteiger partial charge in [0.2, 0.25) is 0 Å². The largest absolute Gasteiger partial charge is 0.324 e. The molecule has 3 nitrogen and oxygen atoms in total. The summed E-state index contributed by atoms with van der Waals surface area (Å²) in [6, 6.07) is 4.78. The van der Waals surface area contributed by atoms with Gasteiger partial charge in [-0.2, -0.15) is 5.10 Å². The molecule has 1 heterocycles. The lowest BCUT2D eigenvalue weighted by Gasteiger charge is -2.13. The molecule has 0 spiro atoms. The number of nitrogens with zero attached hydrogens (tertiary/aromatic N) is 2. The van der Waals surface area contributed by atoms with E-state index in [9.17, 15) is 4.39 Å². The van der Waals surface area contributed by atoms with Gasteiger partial charge >= 0.3 is 0 Å². The van der Waals surface area contributed by atoms with Crippen molar-refractivity contribution in [3.8, 4) is 0 Å². The summed E-state index contributed by atoms with van der Waals surface area (Å²) in [6.07, 6.45) is 0.543. The lowest BCUT2D eigenvalue weighted by molar-refractivity contribution is 0.609. The smallest absolute Gasteiger partial charge is 0.130 e. The molecular weight excluding hydrogens is 265 g/mol. The van der Waals surface area contributed by atoms with Crippen LogP contribution < -0.4 is 5.73 Å². The molecule has 2 N–H and O–H groups in total. The molecule has 0 aliphatic heterocycles. The Morgan fingerprint density at radius 2 is 2.11 bits per heavy atom. The first-order chi connectivity index (χ1) is 8.90. The van der Waals surface area contributed by atoms with Gasteiger partial charge in [0.1, 0.15) is 11.0 Å². The summed E-state index contributed by atoms with van der Waals surface area (Å²) in [6.45, 7) is 3.62. The molecule has 1 unspecified atom stereocenters. The highest BCUT2D eigenvalue weighted by molar-refractivity contribution is 6.30. The van der Waals surface area contributed by atoms with Gasteiger partial charge in [0.25, 0.3) is 0 Å². The maximum Gasteiger partial charge on any atom is 0.130 e. The molecule has 0 aliphatic rings. The molecule has 0 saturated carbocycles. The Morgan fingerprint density at radius 3 is 2.63 bits per heavy atom. The van der Waals surface area contributed by atoms with Gasteiger partial charge in [0.05, 0.1) is 5.69 Å². The first kappa shape index (κ1) is 14.0. The molecule has 1 aromatic heterocycles. The van der Waals surface area contributed by atoms with Crippen molar-refractivity contribution in [1.82, 2.24) is 9.78 Å². The highest BCUT2D eigenvalue weighted by Crippen LogP contribution is 2.25. The molecule has 0 bridgehead atoms. The van der Waals surface area contributed by atoms with E-state index in [4.69, 9.17) is 17.3 Å². The number of rotatable bonds is 3. The third-order valence-corrected chi connectivity index (χ3v) is 3.79. The zero-order chi connectivity index (χ0) is 14.2. The van der Waals surface area contributed by atoms with Crippen molar-refractivity contribution in [3.63, 3.8) is 0 Å². The average molecular weight is 282 g/mol. The van der Waals surface area contributed by atoms with Gasteiger partial charge < -0.3 is 5.73 Å². The van der Waals surface area contributed by atoms with E-state index in [2.05, 4.69) is 5.10 Å². The van der Waals surface area contributed by atoms with E-state index in [1.54, 1.807) is 24.7 Å². The van der Waals surface area contributed by atoms with E-state index < -0.39 is 0 Å². The second-order valence-electron chi connectivity index (χ2n) is 4.80. The van der Waals surface area contributed by atoms with Crippen LogP contribution in [-0.2, 0) is 13.5 Å². The molecule has 0 radical (unpaired) electrons. The minimum Gasteiger partial charge on any atom is -0.324 e. The number of aromatic nitrogens is 2. The lowest BCUT2D eigenvalue weighted by Crippen LogP contribution is -2.14. The SMILES string of the molecule is Cc1ccc(C(N)Cc2c(C)nn(C)c2Cl)cc1F. The van der Waals surface area contributed by atoms with E-state index >= 15 is 0 Å². The van der Waals surface area contributed by atoms with Crippen LogP contribution in [-0.4, -0.2) is 9.78 Å². The van der Waals surface area contributed by atoms with Crippen LogP contribution in [0.1, 0.15) is 28.4 Å². The molecule has 5 heteroatoms. The van der Waals surface area contributed by atoms with Crippen LogP contribution in [0.5, 0.6) is 0 Å². The molecule has 0 aliphatic carbocycles. The number of hydrogen-bond donors (Lipinski definition) is 1. The minimum absolute atomic E-state index is 0.234. The van der Waals surface area contributed by atoms with Crippen molar-refractivity contribution in [2.45, 2.75) is 26.3 Å². The number of benzene rings is 1. The highest BCUT2D eigenvalue weighted by Gasteiger charge is 2.16. The fraction of sp³-hybridized carbons (Fsp3) is 0.357. The van der Waals surface area contributed by atoms with Gasteiger partial charge in [-0.25, -0.2) is 4.39 Å². The second kappa shape index (κ2) is 5.31. The quantitative estimate of drug-likeness (QED) is 0.940. The summed E-state index contributed by atoms with van der Waals surface area (Å²) in [4.78, 5) is 0. The fourth-order valence-electron chi connectivity index (χ4n) is 2.08. The van der Waals surface area contributed by atoms with Crippen LogP contribution in [0.25, 0.3) is 0 Å². The van der Waals surface area contributed by atoms with Crippen molar-refractivity contribution in [2.75, 3.05) is 0 Å². The molecule has 2 aromatic rings. The molecule has 1 aromatic carbocycles. The molecule has 0 amide bonds. The first-order valence-corrected chi connectivity index (χ1v) is 6.47. The maximum atomic E-state index is 13.5. The Morgan fingerprint density at radius 1 is 1.42 bits per heavy atom. The van der Waals surface area contributed by atoms with E-state index in [-0.39, 0.29) is 11.9 Å². The van der Waals surface area contributed by atoms with Crippen molar-refractivity contribution in [1.29, 1.82) is 0 Å². The second-order valence-corrected chi connectivity index (χ2v) is 5.16. The van der Waals surface area contributed by atoms with Crippen LogP contribution in [0.3, 0.4) is 0 Å². The first-order valence-electron chi connectivity index (χ1n) is 6.09. The van der Waals surface area contributed by atoms with Crippen LogP contribution >= 0.6 is 11.6 Å². The Kier molecular flexibility index (Phi) is 3.92. The average Bonchev–Trinajstić information content (AvgIpc) is 2.59. The molecule has 0 fully saturated rings. The van der Waals surface area contributed by atoms with Crippen molar-refractivity contribution in [2.24, 2.45) is 12.8 Å². The van der Waals surface area contributed by atoms with Gasteiger partial charge in [0, 0.05) is 18.7 Å². The molecular formula is C14H17ClFN3. The molecule has 1 atom stereocenters. The van der Waals surface area contributed by atoms with E-state index in [0.29, 0.717) is 17.1 Å². The summed E-state index contributed by atoms with van der Waals surface area (Å²) in [5.74, 6) is -0.234. The Labute approximate surface area is 117 Å². The summed E-state index contributed by atoms with van der Waals surface area (Å²) in [5, 5.41) is 4.83. The zero-order valence-corrected chi connectivity index (χ0v) is 12.0. The van der Waals surface area contributed by atoms with E-state index in [1.807, 2.05) is 13.0 Å². The maximum absolute atomic E-state index is 13.5. The monoisotopic (exact) mass is 281 g/mol. The number of hydrogen-bond acceptors (Lipinski definition) is 2. The Bertz CT molecular complexity index is 607. The summed E-state index contributed by atoms with van der Waals surface area (Å²) in [5.41, 5.74) is 9.29. The molecule has 19 heavy (non-hydrogen) atoms. The topological polar surface area (TPSA) is 43.8 Å². The van der Waals surface area contributed by atoms with Crippen LogP contribution in [0.2, 0.25) is 5.15 Å². The fourth-order valence-corrected chi connectivity index (χ4v) is 2.33. The zero-order valence-electron chi connectivity index (χ0n) is 11.2. The van der Waals surface area contributed by atoms with Crippen LogP contribution in [0.4, 0.5) is 4.39 Å². The standard InChI is InChI=1S/C14H17ClFN3/c1-8-4-5-10(6-12(8)16)13(17)7-11-9(2)18-19(3)14(11)15/h4-6,13H,7,17H2,1-3H3. The molecule has 2 rings (SSSR count). The van der Waals surface area contributed by atoms with Crippen molar-refractivity contribution in [3.05, 3.63) is 51.6 Å². The van der Waals surface area contributed by atoms with Crippen molar-refractivity contribution >= 4 is 11.6 Å². The van der Waals surface area contributed by atoms with Gasteiger partial charge in [-0.3, -0.25) is 4.68 Å². The normalized spacial score (nSPS) is 12.7. The van der Waals surface area contributed by atoms with E-state index in [1.165, 1.54) is 6.07 Å². The third kappa shape index (κ3) is 2.80. The lowest BCUT2D eigenvalue weighted by atomic mass is 9.99. The van der Waals surface area contributed by atoms with Crippen LogP contribution in [0.15, 0.2) is 18.2 Å². The van der Waals surface area contributed by atoms with Gasteiger partial charge in [-0.1, -0.05) is 23.7 Å². The van der Waals surface area contributed by atoms with Gasteiger partial charge in [-0.15, -0.1) is 0 Å². The summed E-state index contributed by atoms with van der Waals surface area (Å²) >= 11 is 6.17. The highest BCUT2D eigenvalue weighted by atomic mass is 35.5. The summed E-state index contributed by atoms with van der Waals surface area (Å²) in [7, 11) is 1.79. The van der Waals surface area contributed by atoms with Gasteiger partial charge in [0.15, 0.2) is 0 Å². The Balaban J connectivity index is 2.25. The van der Waals surface area contributed by atoms with Crippen molar-refractivity contribution < 1.29 is 4.39 Å². The molecule has 102 valence electrons. The third-order valence-electron chi connectivity index (χ3n) is 3.32. The van der Waals surface area contributed by atoms with Gasteiger partial charge in [-0.05, 0) is 37.5 Å². The number of nitrogens with two attached hydrogens (primary N) is 1. The van der Waals surface area contributed by atoms with Crippen LogP contribution in [0, 0.1) is 19.7 Å². The minimum atomic E-state index is -0.296. The summed E-state index contributed by atoms with van der Waals surface area (Å²) < 4.78 is 15.2. The Hall–Kier alpha value is -1.39. The predicted molar refractivity (Wildman–Crippen MR) is 74.7 cm³/mol. The predicted octanol–water partition coefficient (Wildman–Crippen LogP) is 3.07. The molecule has 0 saturated heterocycles.